The predicted octanol–water partition coefficient (Wildman–Crippen LogP) is 1.48. The Bertz CT molecular complexity index is 317. The molecule has 15 heavy (non-hydrogen) atoms. The Morgan fingerprint density at radius 2 is 2.53 bits per heavy atom. The molecule has 0 saturated carbocycles. The van der Waals surface area contributed by atoms with Gasteiger partial charge in [-0.05, 0) is 12.5 Å². The quantitative estimate of drug-likeness (QED) is 0.198. The molecule has 1 atom stereocenters. The van der Waals surface area contributed by atoms with Crippen LogP contribution >= 0.6 is 11.8 Å². The molecule has 1 heterocycles. The van der Waals surface area contributed by atoms with E-state index in [0.29, 0.717) is 6.42 Å². The first-order valence-corrected chi connectivity index (χ1v) is 5.53. The van der Waals surface area contributed by atoms with Crippen molar-refractivity contribution in [2.45, 2.75) is 30.0 Å². The first-order valence-electron chi connectivity index (χ1n) is 4.65. The van der Waals surface area contributed by atoms with Gasteiger partial charge in [0.15, 0.2) is 0 Å². The van der Waals surface area contributed by atoms with Gasteiger partial charge in [-0.3, -0.25) is 0 Å². The maximum atomic E-state index is 8.47. The summed E-state index contributed by atoms with van der Waals surface area (Å²) in [5.74, 6) is 0.253. The summed E-state index contributed by atoms with van der Waals surface area (Å²) in [6.45, 7) is 2.06. The maximum Gasteiger partial charge on any atom is 0.140 e. The predicted molar refractivity (Wildman–Crippen MR) is 60.0 cm³/mol. The standard InChI is InChI=1S/C9H14N4OS/c1-2-7(5-8(10)13-14)15-9-3-4-11-6-12-9/h3-4,6-7,14H,2,5H2,1H3,(H2,10,13). The van der Waals surface area contributed by atoms with Crippen molar-refractivity contribution in [3.8, 4) is 0 Å². The summed E-state index contributed by atoms with van der Waals surface area (Å²) in [7, 11) is 0. The number of rotatable bonds is 5. The van der Waals surface area contributed by atoms with Gasteiger partial charge in [0.25, 0.3) is 0 Å². The molecule has 1 aromatic rings. The van der Waals surface area contributed by atoms with Crippen molar-refractivity contribution >= 4 is 17.6 Å². The third kappa shape index (κ3) is 4.16. The fourth-order valence-corrected chi connectivity index (χ4v) is 2.07. The Hall–Kier alpha value is -1.30. The Labute approximate surface area is 92.8 Å². The van der Waals surface area contributed by atoms with Crippen LogP contribution in [0.5, 0.6) is 0 Å². The van der Waals surface area contributed by atoms with E-state index in [4.69, 9.17) is 10.9 Å². The topological polar surface area (TPSA) is 84.4 Å². The second-order valence-electron chi connectivity index (χ2n) is 2.99. The van der Waals surface area contributed by atoms with Crippen molar-refractivity contribution in [3.63, 3.8) is 0 Å². The zero-order valence-electron chi connectivity index (χ0n) is 8.50. The number of hydrogen-bond acceptors (Lipinski definition) is 5. The van der Waals surface area contributed by atoms with E-state index in [-0.39, 0.29) is 11.1 Å². The van der Waals surface area contributed by atoms with Crippen molar-refractivity contribution < 1.29 is 5.21 Å². The fraction of sp³-hybridized carbons (Fsp3) is 0.444. The Balaban J connectivity index is 2.54. The lowest BCUT2D eigenvalue weighted by Crippen LogP contribution is -2.18. The van der Waals surface area contributed by atoms with Crippen LogP contribution in [0.4, 0.5) is 0 Å². The van der Waals surface area contributed by atoms with Gasteiger partial charge in [-0.2, -0.15) is 0 Å². The highest BCUT2D eigenvalue weighted by Gasteiger charge is 2.11. The first kappa shape index (κ1) is 11.8. The monoisotopic (exact) mass is 226 g/mol. The van der Waals surface area contributed by atoms with Gasteiger partial charge < -0.3 is 10.9 Å². The molecule has 82 valence electrons. The normalized spacial score (nSPS) is 13.8. The molecule has 1 rings (SSSR count). The molecule has 5 nitrogen and oxygen atoms in total. The lowest BCUT2D eigenvalue weighted by atomic mass is 10.2. The average molecular weight is 226 g/mol. The van der Waals surface area contributed by atoms with E-state index >= 15 is 0 Å². The SMILES string of the molecule is CCC(CC(N)=NO)Sc1ccncn1. The van der Waals surface area contributed by atoms with Gasteiger partial charge in [0.05, 0.1) is 5.03 Å². The highest BCUT2D eigenvalue weighted by Crippen LogP contribution is 2.24. The highest BCUT2D eigenvalue weighted by molar-refractivity contribution is 7.99. The van der Waals surface area contributed by atoms with E-state index in [2.05, 4.69) is 22.0 Å². The Morgan fingerprint density at radius 1 is 1.73 bits per heavy atom. The molecule has 0 bridgehead atoms. The molecule has 0 saturated heterocycles. The molecule has 0 aliphatic rings. The van der Waals surface area contributed by atoms with Gasteiger partial charge in [0, 0.05) is 17.9 Å². The molecule has 3 N–H and O–H groups in total. The van der Waals surface area contributed by atoms with Crippen LogP contribution in [0.25, 0.3) is 0 Å². The minimum absolute atomic E-state index is 0.253. The lowest BCUT2D eigenvalue weighted by Gasteiger charge is -2.12. The summed E-state index contributed by atoms with van der Waals surface area (Å²) in [4.78, 5) is 7.95. The molecular formula is C9H14N4OS. The van der Waals surface area contributed by atoms with Crippen molar-refractivity contribution in [2.24, 2.45) is 10.9 Å². The van der Waals surface area contributed by atoms with E-state index < -0.39 is 0 Å². The minimum Gasteiger partial charge on any atom is -0.409 e. The summed E-state index contributed by atoms with van der Waals surface area (Å²) in [6.07, 6.45) is 4.71. The molecule has 0 amide bonds. The molecule has 1 aromatic heterocycles. The number of thioether (sulfide) groups is 1. The summed E-state index contributed by atoms with van der Waals surface area (Å²) in [5.41, 5.74) is 5.46. The summed E-state index contributed by atoms with van der Waals surface area (Å²) < 4.78 is 0. The van der Waals surface area contributed by atoms with Crippen molar-refractivity contribution in [1.29, 1.82) is 0 Å². The number of nitrogens with two attached hydrogens (primary N) is 1. The van der Waals surface area contributed by atoms with Crippen LogP contribution in [-0.4, -0.2) is 26.3 Å². The number of oxime groups is 1. The number of hydrogen-bond donors (Lipinski definition) is 2. The molecule has 6 heteroatoms. The van der Waals surface area contributed by atoms with Gasteiger partial charge in [-0.1, -0.05) is 12.1 Å². The van der Waals surface area contributed by atoms with Crippen LogP contribution < -0.4 is 5.73 Å². The maximum absolute atomic E-state index is 8.47. The van der Waals surface area contributed by atoms with E-state index in [1.807, 2.05) is 6.07 Å². The summed E-state index contributed by atoms with van der Waals surface area (Å²) in [5, 5.41) is 12.6. The molecule has 1 unspecified atom stereocenters. The number of amidine groups is 1. The third-order valence-corrected chi connectivity index (χ3v) is 3.18. The Morgan fingerprint density at radius 3 is 3.07 bits per heavy atom. The zero-order chi connectivity index (χ0) is 11.1. The second-order valence-corrected chi connectivity index (χ2v) is 4.31. The van der Waals surface area contributed by atoms with Crippen molar-refractivity contribution in [1.82, 2.24) is 9.97 Å². The van der Waals surface area contributed by atoms with Crippen molar-refractivity contribution in [2.75, 3.05) is 0 Å². The van der Waals surface area contributed by atoms with E-state index in [1.54, 1.807) is 18.0 Å². The van der Waals surface area contributed by atoms with Gasteiger partial charge in [0.2, 0.25) is 0 Å². The van der Waals surface area contributed by atoms with Crippen LogP contribution in [0.1, 0.15) is 19.8 Å². The van der Waals surface area contributed by atoms with Crippen LogP contribution in [0.15, 0.2) is 28.8 Å². The molecule has 0 aliphatic carbocycles. The van der Waals surface area contributed by atoms with Gasteiger partial charge in [-0.15, -0.1) is 11.8 Å². The highest BCUT2D eigenvalue weighted by atomic mass is 32.2. The molecule has 0 fully saturated rings. The van der Waals surface area contributed by atoms with E-state index in [0.717, 1.165) is 11.4 Å². The molecule has 0 aliphatic heterocycles. The van der Waals surface area contributed by atoms with E-state index in [1.165, 1.54) is 6.33 Å². The van der Waals surface area contributed by atoms with Crippen LogP contribution in [0, 0.1) is 0 Å². The average Bonchev–Trinajstić information content (AvgIpc) is 2.29. The zero-order valence-corrected chi connectivity index (χ0v) is 9.31. The number of nitrogens with zero attached hydrogens (tertiary/aromatic N) is 3. The molecule has 0 spiro atoms. The van der Waals surface area contributed by atoms with E-state index in [9.17, 15) is 0 Å². The minimum atomic E-state index is 0.253. The fourth-order valence-electron chi connectivity index (χ4n) is 1.06. The van der Waals surface area contributed by atoms with Gasteiger partial charge in [0.1, 0.15) is 12.2 Å². The van der Waals surface area contributed by atoms with Crippen LogP contribution in [-0.2, 0) is 0 Å². The lowest BCUT2D eigenvalue weighted by molar-refractivity contribution is 0.316. The first-order chi connectivity index (χ1) is 7.26. The summed E-state index contributed by atoms with van der Waals surface area (Å²) in [6, 6.07) is 1.85. The van der Waals surface area contributed by atoms with Crippen LogP contribution in [0.2, 0.25) is 0 Å². The van der Waals surface area contributed by atoms with Crippen molar-refractivity contribution in [3.05, 3.63) is 18.6 Å². The molecule has 0 radical (unpaired) electrons. The van der Waals surface area contributed by atoms with Crippen LogP contribution in [0.3, 0.4) is 0 Å². The summed E-state index contributed by atoms with van der Waals surface area (Å²) >= 11 is 1.61. The second kappa shape index (κ2) is 6.23. The van der Waals surface area contributed by atoms with Gasteiger partial charge in [-0.25, -0.2) is 9.97 Å². The van der Waals surface area contributed by atoms with Gasteiger partial charge >= 0.3 is 0 Å². The largest absolute Gasteiger partial charge is 0.409 e. The molecule has 0 aromatic carbocycles. The smallest absolute Gasteiger partial charge is 0.140 e. The third-order valence-electron chi connectivity index (χ3n) is 1.86. The number of aromatic nitrogens is 2. The Kier molecular flexibility index (Phi) is 4.89. The molecular weight excluding hydrogens is 212 g/mol.